The molecular formula is C25H34BN3O4Si. The molecule has 2 aromatic carbocycles. The van der Waals surface area contributed by atoms with Gasteiger partial charge in [0.25, 0.3) is 8.32 Å². The molecule has 3 rings (SSSR count). The van der Waals surface area contributed by atoms with Crippen molar-refractivity contribution >= 4 is 37.2 Å². The lowest BCUT2D eigenvalue weighted by Crippen LogP contribution is -2.66. The summed E-state index contributed by atoms with van der Waals surface area (Å²) < 4.78 is 12.1. The molecule has 0 amide bonds. The van der Waals surface area contributed by atoms with Crippen LogP contribution in [0.1, 0.15) is 27.2 Å². The van der Waals surface area contributed by atoms with E-state index in [0.717, 1.165) is 6.42 Å². The van der Waals surface area contributed by atoms with Gasteiger partial charge in [0.05, 0.1) is 12.6 Å². The second-order valence-corrected chi connectivity index (χ2v) is 13.6. The van der Waals surface area contributed by atoms with Crippen molar-refractivity contribution < 1.29 is 19.2 Å². The van der Waals surface area contributed by atoms with Crippen LogP contribution in [0.4, 0.5) is 5.95 Å². The van der Waals surface area contributed by atoms with Crippen LogP contribution in [-0.4, -0.2) is 62.8 Å². The first-order chi connectivity index (χ1) is 16.2. The fourth-order valence-electron chi connectivity index (χ4n) is 4.28. The summed E-state index contributed by atoms with van der Waals surface area (Å²) in [6, 6.07) is 21.2. The lowest BCUT2D eigenvalue weighted by Gasteiger charge is -2.43. The molecule has 0 aliphatic carbocycles. The van der Waals surface area contributed by atoms with Gasteiger partial charge in [-0.25, -0.2) is 4.98 Å². The molecule has 2 N–H and O–H groups in total. The van der Waals surface area contributed by atoms with Crippen molar-refractivity contribution in [2.24, 2.45) is 0 Å². The first kappa shape index (κ1) is 25.9. The maximum atomic E-state index is 9.44. The molecule has 7 nitrogen and oxygen atoms in total. The third-order valence-corrected chi connectivity index (χ3v) is 11.0. The Kier molecular flexibility index (Phi) is 8.48. The normalized spacial score (nSPS) is 11.9. The molecule has 180 valence electrons. The molecule has 0 radical (unpaired) electrons. The van der Waals surface area contributed by atoms with E-state index in [0.29, 0.717) is 19.1 Å². The van der Waals surface area contributed by atoms with Crippen LogP contribution in [0.5, 0.6) is 5.88 Å². The van der Waals surface area contributed by atoms with Crippen molar-refractivity contribution in [3.63, 3.8) is 0 Å². The SMILES string of the molecule is COc1nc(N(C)CCCO[Si](c2ccccc2)(c2ccccc2)C(C)(C)C)ncc1B(O)O. The van der Waals surface area contributed by atoms with Gasteiger partial charge in [-0.05, 0) is 21.8 Å². The van der Waals surface area contributed by atoms with Gasteiger partial charge in [0, 0.05) is 26.4 Å². The lowest BCUT2D eigenvalue weighted by molar-refractivity contribution is 0.293. The van der Waals surface area contributed by atoms with E-state index in [2.05, 4.69) is 79.3 Å². The second-order valence-electron chi connectivity index (χ2n) is 9.30. The third kappa shape index (κ3) is 5.50. The number of ether oxygens (including phenoxy) is 1. The highest BCUT2D eigenvalue weighted by atomic mass is 28.4. The monoisotopic (exact) mass is 479 g/mol. The molecule has 0 aliphatic rings. The van der Waals surface area contributed by atoms with E-state index in [1.54, 1.807) is 0 Å². The van der Waals surface area contributed by atoms with Crippen molar-refractivity contribution in [1.29, 1.82) is 0 Å². The van der Waals surface area contributed by atoms with Gasteiger partial charge in [0.15, 0.2) is 0 Å². The van der Waals surface area contributed by atoms with Crippen LogP contribution in [0.2, 0.25) is 5.04 Å². The number of hydrogen-bond acceptors (Lipinski definition) is 7. The lowest BCUT2D eigenvalue weighted by atomic mass is 9.82. The summed E-state index contributed by atoms with van der Waals surface area (Å²) in [4.78, 5) is 10.5. The van der Waals surface area contributed by atoms with Gasteiger partial charge < -0.3 is 24.1 Å². The Labute approximate surface area is 203 Å². The van der Waals surface area contributed by atoms with E-state index < -0.39 is 15.4 Å². The Morgan fingerprint density at radius 3 is 2.00 bits per heavy atom. The molecule has 1 aromatic heterocycles. The molecule has 3 aromatic rings. The predicted molar refractivity (Wildman–Crippen MR) is 140 cm³/mol. The molecule has 1 heterocycles. The average Bonchev–Trinajstić information content (AvgIpc) is 2.83. The van der Waals surface area contributed by atoms with Crippen LogP contribution < -0.4 is 25.5 Å². The molecule has 0 fully saturated rings. The fraction of sp³-hybridized carbons (Fsp3) is 0.360. The number of anilines is 1. The van der Waals surface area contributed by atoms with Crippen molar-refractivity contribution in [3.8, 4) is 5.88 Å². The van der Waals surface area contributed by atoms with Gasteiger partial charge in [-0.15, -0.1) is 0 Å². The van der Waals surface area contributed by atoms with Crippen LogP contribution in [0, 0.1) is 0 Å². The molecule has 0 unspecified atom stereocenters. The minimum Gasteiger partial charge on any atom is -0.481 e. The first-order valence-electron chi connectivity index (χ1n) is 11.4. The van der Waals surface area contributed by atoms with Gasteiger partial charge in [0.2, 0.25) is 11.8 Å². The van der Waals surface area contributed by atoms with Gasteiger partial charge in [-0.1, -0.05) is 81.4 Å². The molecule has 0 spiro atoms. The summed E-state index contributed by atoms with van der Waals surface area (Å²) in [6.07, 6.45) is 2.15. The number of rotatable bonds is 10. The summed E-state index contributed by atoms with van der Waals surface area (Å²) in [7, 11) is -0.911. The molecule has 0 aliphatic heterocycles. The molecule has 0 bridgehead atoms. The van der Waals surface area contributed by atoms with Gasteiger partial charge >= 0.3 is 7.12 Å². The van der Waals surface area contributed by atoms with Gasteiger partial charge in [0.1, 0.15) is 0 Å². The molecule has 9 heteroatoms. The zero-order valence-electron chi connectivity index (χ0n) is 20.6. The van der Waals surface area contributed by atoms with Crippen LogP contribution in [0.15, 0.2) is 66.9 Å². The van der Waals surface area contributed by atoms with Gasteiger partial charge in [-0.2, -0.15) is 4.98 Å². The summed E-state index contributed by atoms with van der Waals surface area (Å²) >= 11 is 0. The average molecular weight is 479 g/mol. The highest BCUT2D eigenvalue weighted by molar-refractivity contribution is 6.99. The summed E-state index contributed by atoms with van der Waals surface area (Å²) in [5.74, 6) is 0.599. The molecule has 0 saturated heterocycles. The maximum absolute atomic E-state index is 9.44. The van der Waals surface area contributed by atoms with Crippen LogP contribution in [0.3, 0.4) is 0 Å². The summed E-state index contributed by atoms with van der Waals surface area (Å²) in [6.45, 7) is 8.05. The zero-order valence-corrected chi connectivity index (χ0v) is 21.6. The van der Waals surface area contributed by atoms with E-state index in [9.17, 15) is 10.0 Å². The van der Waals surface area contributed by atoms with Crippen LogP contribution in [-0.2, 0) is 4.43 Å². The highest BCUT2D eigenvalue weighted by Gasteiger charge is 2.49. The molecular weight excluding hydrogens is 445 g/mol. The van der Waals surface area contributed by atoms with E-state index >= 15 is 0 Å². The first-order valence-corrected chi connectivity index (χ1v) is 13.3. The van der Waals surface area contributed by atoms with E-state index in [4.69, 9.17) is 9.16 Å². The largest absolute Gasteiger partial charge is 0.495 e. The summed E-state index contributed by atoms with van der Waals surface area (Å²) in [5.41, 5.74) is 0.134. The van der Waals surface area contributed by atoms with E-state index in [1.807, 2.05) is 24.1 Å². The quantitative estimate of drug-likeness (QED) is 0.337. The topological polar surface area (TPSA) is 87.9 Å². The van der Waals surface area contributed by atoms with Crippen molar-refractivity contribution in [2.45, 2.75) is 32.2 Å². The van der Waals surface area contributed by atoms with Crippen molar-refractivity contribution in [1.82, 2.24) is 9.97 Å². The molecule has 34 heavy (non-hydrogen) atoms. The summed E-state index contributed by atoms with van der Waals surface area (Å²) in [5, 5.41) is 21.3. The Morgan fingerprint density at radius 2 is 1.53 bits per heavy atom. The van der Waals surface area contributed by atoms with E-state index in [1.165, 1.54) is 23.7 Å². The Morgan fingerprint density at radius 1 is 0.971 bits per heavy atom. The highest BCUT2D eigenvalue weighted by Crippen LogP contribution is 2.36. The maximum Gasteiger partial charge on any atom is 0.495 e. The minimum absolute atomic E-state index is 0.0704. The second kappa shape index (κ2) is 11.1. The van der Waals surface area contributed by atoms with Crippen LogP contribution in [0.25, 0.3) is 0 Å². The molecule has 0 saturated carbocycles. The zero-order chi connectivity index (χ0) is 24.8. The predicted octanol–water partition coefficient (Wildman–Crippen LogP) is 1.57. The van der Waals surface area contributed by atoms with Crippen molar-refractivity contribution in [2.75, 3.05) is 32.2 Å². The fourth-order valence-corrected chi connectivity index (χ4v) is 8.89. The van der Waals surface area contributed by atoms with E-state index in [-0.39, 0.29) is 16.4 Å². The Balaban J connectivity index is 1.78. The molecule has 0 atom stereocenters. The number of benzene rings is 2. The van der Waals surface area contributed by atoms with Crippen LogP contribution >= 0.6 is 0 Å². The number of hydrogen-bond donors (Lipinski definition) is 2. The number of aromatic nitrogens is 2. The standard InChI is InChI=1S/C25H34BN3O4Si/c1-25(2,3)34(20-13-8-6-9-14-20,21-15-10-7-11-16-21)33-18-12-17-29(4)24-27-19-22(26(30)31)23(28-24)32-5/h6-11,13-16,19,30-31H,12,17-18H2,1-5H3. The number of nitrogens with zero attached hydrogens (tertiary/aromatic N) is 3. The Bertz CT molecular complexity index is 1010. The smallest absolute Gasteiger partial charge is 0.481 e. The number of methoxy groups -OCH3 is 1. The minimum atomic E-state index is -2.56. The third-order valence-electron chi connectivity index (χ3n) is 5.95. The van der Waals surface area contributed by atoms with Gasteiger partial charge in [-0.3, -0.25) is 0 Å². The van der Waals surface area contributed by atoms with Crippen molar-refractivity contribution in [3.05, 3.63) is 66.9 Å². The Hall–Kier alpha value is -2.72.